The highest BCUT2D eigenvalue weighted by Gasteiger charge is 1.90. The Morgan fingerprint density at radius 2 is 2.30 bits per heavy atom. The molecule has 1 aromatic rings. The summed E-state index contributed by atoms with van der Waals surface area (Å²) in [6.07, 6.45) is 0. The summed E-state index contributed by atoms with van der Waals surface area (Å²) in [6.45, 7) is 2.12. The Morgan fingerprint density at radius 1 is 1.50 bits per heavy atom. The van der Waals surface area contributed by atoms with E-state index in [1.807, 2.05) is 18.2 Å². The summed E-state index contributed by atoms with van der Waals surface area (Å²) < 4.78 is 0. The van der Waals surface area contributed by atoms with Gasteiger partial charge in [-0.2, -0.15) is 0 Å². The van der Waals surface area contributed by atoms with Crippen LogP contribution in [0.25, 0.3) is 0 Å². The second-order valence-corrected chi connectivity index (χ2v) is 2.20. The predicted molar refractivity (Wildman–Crippen MR) is 46.9 cm³/mol. The lowest BCUT2D eigenvalue weighted by Gasteiger charge is -2.00. The molecule has 0 bridgehead atoms. The first kappa shape index (κ1) is 7.16. The van der Waals surface area contributed by atoms with Crippen molar-refractivity contribution in [3.63, 3.8) is 0 Å². The largest absolute Gasteiger partial charge is 0.324 e. The molecule has 0 aromatic heterocycles. The van der Waals surface area contributed by atoms with Gasteiger partial charge in [0.2, 0.25) is 0 Å². The summed E-state index contributed by atoms with van der Waals surface area (Å²) in [4.78, 5) is 0. The Labute approximate surface area is 61.6 Å². The number of anilines is 1. The maximum absolute atomic E-state index is 5.22. The fraction of sp³-hybridized carbons (Fsp3) is 0.143. The minimum absolute atomic E-state index is 0.972. The fourth-order valence-corrected chi connectivity index (χ4v) is 0.881. The Balaban J connectivity index is 2.87. The highest BCUT2D eigenvalue weighted by molar-refractivity contribution is 6.52. The molecule has 0 fully saturated rings. The lowest BCUT2D eigenvalue weighted by Crippen LogP contribution is -2.13. The minimum atomic E-state index is 0.972. The van der Waals surface area contributed by atoms with E-state index in [1.54, 1.807) is 0 Å². The van der Waals surface area contributed by atoms with Gasteiger partial charge in [-0.15, -0.1) is 0 Å². The first-order chi connectivity index (χ1) is 4.86. The van der Waals surface area contributed by atoms with Crippen LogP contribution in [0.15, 0.2) is 24.3 Å². The fourth-order valence-electron chi connectivity index (χ4n) is 0.881. The molecule has 0 saturated carbocycles. The lowest BCUT2D eigenvalue weighted by molar-refractivity contribution is 1.36. The van der Waals surface area contributed by atoms with E-state index in [9.17, 15) is 0 Å². The van der Waals surface area contributed by atoms with E-state index in [1.165, 1.54) is 5.46 Å². The lowest BCUT2D eigenvalue weighted by atomic mass is 9.73. The molecular weight excluding hydrogens is 123 g/mol. The van der Waals surface area contributed by atoms with Gasteiger partial charge < -0.3 is 5.43 Å². The SMILES string of the molecule is CBc1cccc(NN)c1. The highest BCUT2D eigenvalue weighted by atomic mass is 15.2. The van der Waals surface area contributed by atoms with Crippen molar-refractivity contribution >= 4 is 18.4 Å². The Bertz CT molecular complexity index is 193. The molecule has 1 rings (SSSR count). The minimum Gasteiger partial charge on any atom is -0.324 e. The van der Waals surface area contributed by atoms with Gasteiger partial charge in [0.1, 0.15) is 0 Å². The van der Waals surface area contributed by atoms with Crippen LogP contribution in [0.1, 0.15) is 0 Å². The molecule has 52 valence electrons. The number of rotatable bonds is 2. The molecule has 0 aliphatic rings. The third-order valence-corrected chi connectivity index (χ3v) is 1.50. The van der Waals surface area contributed by atoms with Gasteiger partial charge in [-0.25, -0.2) is 0 Å². The number of nitrogen functional groups attached to an aromatic ring is 1. The molecule has 2 nitrogen and oxygen atoms in total. The molecule has 0 amide bonds. The molecule has 0 heterocycles. The van der Waals surface area contributed by atoms with Gasteiger partial charge in [-0.3, -0.25) is 5.84 Å². The number of hydrogen-bond donors (Lipinski definition) is 2. The zero-order valence-corrected chi connectivity index (χ0v) is 6.09. The number of nitrogens with one attached hydrogen (secondary N) is 1. The topological polar surface area (TPSA) is 38.0 Å². The van der Waals surface area contributed by atoms with E-state index < -0.39 is 0 Å². The summed E-state index contributed by atoms with van der Waals surface area (Å²) in [6, 6.07) is 8.06. The van der Waals surface area contributed by atoms with Crippen molar-refractivity contribution in [2.75, 3.05) is 5.43 Å². The number of hydrazine groups is 1. The van der Waals surface area contributed by atoms with Crippen LogP contribution >= 0.6 is 0 Å². The summed E-state index contributed by atoms with van der Waals surface area (Å²) >= 11 is 0. The second kappa shape index (κ2) is 3.27. The van der Waals surface area contributed by atoms with Gasteiger partial charge >= 0.3 is 0 Å². The monoisotopic (exact) mass is 134 g/mol. The molecule has 1 aromatic carbocycles. The first-order valence-electron chi connectivity index (χ1n) is 3.42. The Morgan fingerprint density at radius 3 is 2.90 bits per heavy atom. The Kier molecular flexibility index (Phi) is 2.34. The van der Waals surface area contributed by atoms with Crippen molar-refractivity contribution in [1.29, 1.82) is 0 Å². The van der Waals surface area contributed by atoms with Crippen LogP contribution in [0.2, 0.25) is 6.82 Å². The van der Waals surface area contributed by atoms with Crippen LogP contribution in [0, 0.1) is 0 Å². The maximum atomic E-state index is 5.22. The van der Waals surface area contributed by atoms with Crippen molar-refractivity contribution < 1.29 is 0 Å². The molecule has 0 saturated heterocycles. The van der Waals surface area contributed by atoms with E-state index in [2.05, 4.69) is 18.3 Å². The summed E-state index contributed by atoms with van der Waals surface area (Å²) in [5, 5.41) is 0. The van der Waals surface area contributed by atoms with E-state index in [-0.39, 0.29) is 0 Å². The second-order valence-electron chi connectivity index (χ2n) is 2.20. The van der Waals surface area contributed by atoms with E-state index >= 15 is 0 Å². The quantitative estimate of drug-likeness (QED) is 0.341. The van der Waals surface area contributed by atoms with Gasteiger partial charge in [0.25, 0.3) is 0 Å². The van der Waals surface area contributed by atoms with Gasteiger partial charge in [0, 0.05) is 5.69 Å². The standard InChI is InChI=1S/C7H11BN2/c1-8-6-3-2-4-7(5-6)10-9/h2-5,8,10H,9H2,1H3. The van der Waals surface area contributed by atoms with Crippen molar-refractivity contribution in [2.45, 2.75) is 6.82 Å². The average molecular weight is 134 g/mol. The zero-order valence-electron chi connectivity index (χ0n) is 6.09. The van der Waals surface area contributed by atoms with E-state index in [0.29, 0.717) is 0 Å². The maximum Gasteiger partial charge on any atom is 0.154 e. The highest BCUT2D eigenvalue weighted by Crippen LogP contribution is 1.99. The van der Waals surface area contributed by atoms with Crippen LogP contribution in [-0.4, -0.2) is 7.28 Å². The van der Waals surface area contributed by atoms with Crippen molar-refractivity contribution in [1.82, 2.24) is 0 Å². The summed E-state index contributed by atoms with van der Waals surface area (Å²) in [7, 11) is 1.05. The molecule has 3 heteroatoms. The van der Waals surface area contributed by atoms with Crippen LogP contribution < -0.4 is 16.7 Å². The zero-order chi connectivity index (χ0) is 7.40. The molecule has 0 radical (unpaired) electrons. The normalized spacial score (nSPS) is 9.00. The molecule has 0 aliphatic heterocycles. The smallest absolute Gasteiger partial charge is 0.154 e. The van der Waals surface area contributed by atoms with Crippen LogP contribution in [0.3, 0.4) is 0 Å². The predicted octanol–water partition coefficient (Wildman–Crippen LogP) is 0.0821. The van der Waals surface area contributed by atoms with Crippen LogP contribution in [0.5, 0.6) is 0 Å². The van der Waals surface area contributed by atoms with Gasteiger partial charge in [-0.05, 0) is 12.1 Å². The van der Waals surface area contributed by atoms with E-state index in [4.69, 9.17) is 5.84 Å². The van der Waals surface area contributed by atoms with Crippen LogP contribution in [-0.2, 0) is 0 Å². The van der Waals surface area contributed by atoms with Crippen molar-refractivity contribution in [3.8, 4) is 0 Å². The summed E-state index contributed by atoms with van der Waals surface area (Å²) in [5.41, 5.74) is 4.87. The molecule has 0 atom stereocenters. The third kappa shape index (κ3) is 1.51. The number of hydrogen-bond acceptors (Lipinski definition) is 2. The molecule has 0 unspecified atom stereocenters. The third-order valence-electron chi connectivity index (χ3n) is 1.50. The molecule has 0 spiro atoms. The van der Waals surface area contributed by atoms with Crippen molar-refractivity contribution in [2.24, 2.45) is 5.84 Å². The van der Waals surface area contributed by atoms with Gasteiger partial charge in [0.05, 0.1) is 0 Å². The first-order valence-corrected chi connectivity index (χ1v) is 3.42. The van der Waals surface area contributed by atoms with E-state index in [0.717, 1.165) is 13.0 Å². The Hall–Kier alpha value is -0.955. The molecule has 3 N–H and O–H groups in total. The molecular formula is C7H11BN2. The van der Waals surface area contributed by atoms with Crippen molar-refractivity contribution in [3.05, 3.63) is 24.3 Å². The molecule has 10 heavy (non-hydrogen) atoms. The number of benzene rings is 1. The number of nitrogens with two attached hydrogens (primary N) is 1. The van der Waals surface area contributed by atoms with Crippen LogP contribution in [0.4, 0.5) is 5.69 Å². The summed E-state index contributed by atoms with van der Waals surface area (Å²) in [5.74, 6) is 5.22. The molecule has 0 aliphatic carbocycles. The van der Waals surface area contributed by atoms with Gasteiger partial charge in [0.15, 0.2) is 7.28 Å². The van der Waals surface area contributed by atoms with Gasteiger partial charge in [-0.1, -0.05) is 24.4 Å². The average Bonchev–Trinajstić information content (AvgIpc) is 2.05.